The minimum Gasteiger partial charge on any atom is -0.494 e. The highest BCUT2D eigenvalue weighted by Crippen LogP contribution is 2.52. The van der Waals surface area contributed by atoms with Gasteiger partial charge in [0.2, 0.25) is 0 Å². The fourth-order valence-electron chi connectivity index (χ4n) is 4.60. The van der Waals surface area contributed by atoms with Crippen LogP contribution >= 0.6 is 0 Å². The molecule has 0 N–H and O–H groups in total. The van der Waals surface area contributed by atoms with E-state index in [2.05, 4.69) is 12.2 Å². The van der Waals surface area contributed by atoms with Crippen LogP contribution in [0.1, 0.15) is 51.4 Å². The SMILES string of the molecule is C1=CC(C2CCC3C4=C(CCCC4)OC32)CC1. The van der Waals surface area contributed by atoms with Gasteiger partial charge in [0.25, 0.3) is 0 Å². The number of ether oxygens (including phenoxy) is 1. The summed E-state index contributed by atoms with van der Waals surface area (Å²) in [6, 6.07) is 0. The molecule has 4 aliphatic rings. The molecular formula is C16H22O. The van der Waals surface area contributed by atoms with Gasteiger partial charge in [0, 0.05) is 18.3 Å². The maximum atomic E-state index is 6.36. The van der Waals surface area contributed by atoms with E-state index in [1.165, 1.54) is 57.1 Å². The molecule has 1 heteroatoms. The van der Waals surface area contributed by atoms with Crippen molar-refractivity contribution in [1.29, 1.82) is 0 Å². The third kappa shape index (κ3) is 1.51. The Hall–Kier alpha value is -0.720. The summed E-state index contributed by atoms with van der Waals surface area (Å²) in [7, 11) is 0. The standard InChI is InChI=1S/C16H22O/c1-2-6-11(5-1)12-9-10-14-13-7-3-4-8-15(13)17-16(12)14/h1,5,11-12,14,16H,2-4,6-10H2. The fourth-order valence-corrected chi connectivity index (χ4v) is 4.60. The highest BCUT2D eigenvalue weighted by atomic mass is 16.5. The molecule has 3 aliphatic carbocycles. The van der Waals surface area contributed by atoms with E-state index in [-0.39, 0.29) is 0 Å². The van der Waals surface area contributed by atoms with Gasteiger partial charge in [-0.2, -0.15) is 0 Å². The van der Waals surface area contributed by atoms with Gasteiger partial charge in [0.05, 0.1) is 5.76 Å². The Bertz CT molecular complexity index is 379. The van der Waals surface area contributed by atoms with Crippen LogP contribution in [-0.4, -0.2) is 6.10 Å². The van der Waals surface area contributed by atoms with E-state index in [4.69, 9.17) is 4.74 Å². The topological polar surface area (TPSA) is 9.23 Å². The molecule has 17 heavy (non-hydrogen) atoms. The van der Waals surface area contributed by atoms with Crippen molar-refractivity contribution in [2.45, 2.75) is 57.5 Å². The van der Waals surface area contributed by atoms with E-state index < -0.39 is 0 Å². The summed E-state index contributed by atoms with van der Waals surface area (Å²) >= 11 is 0. The molecule has 0 aromatic heterocycles. The van der Waals surface area contributed by atoms with Crippen LogP contribution in [0.2, 0.25) is 0 Å². The molecule has 1 heterocycles. The Morgan fingerprint density at radius 2 is 2.00 bits per heavy atom. The fraction of sp³-hybridized carbons (Fsp3) is 0.750. The van der Waals surface area contributed by atoms with Crippen molar-refractivity contribution in [3.05, 3.63) is 23.5 Å². The van der Waals surface area contributed by atoms with Crippen LogP contribution in [0.3, 0.4) is 0 Å². The van der Waals surface area contributed by atoms with Crippen LogP contribution in [0, 0.1) is 17.8 Å². The zero-order valence-electron chi connectivity index (χ0n) is 10.5. The van der Waals surface area contributed by atoms with Crippen LogP contribution in [0.25, 0.3) is 0 Å². The van der Waals surface area contributed by atoms with Crippen molar-refractivity contribution in [2.24, 2.45) is 17.8 Å². The predicted octanol–water partition coefficient (Wildman–Crippen LogP) is 4.21. The van der Waals surface area contributed by atoms with Crippen LogP contribution in [0.4, 0.5) is 0 Å². The first-order valence-corrected chi connectivity index (χ1v) is 7.49. The number of fused-ring (bicyclic) bond motifs is 2. The Kier molecular flexibility index (Phi) is 2.34. The summed E-state index contributed by atoms with van der Waals surface area (Å²) in [6.45, 7) is 0. The number of hydrogen-bond donors (Lipinski definition) is 0. The second-order valence-corrected chi connectivity index (χ2v) is 6.26. The van der Waals surface area contributed by atoms with E-state index in [1.807, 2.05) is 0 Å². The van der Waals surface area contributed by atoms with Gasteiger partial charge in [0.15, 0.2) is 0 Å². The van der Waals surface area contributed by atoms with Crippen molar-refractivity contribution >= 4 is 0 Å². The molecule has 0 radical (unpaired) electrons. The molecule has 4 atom stereocenters. The average Bonchev–Trinajstić information content (AvgIpc) is 3.04. The Balaban J connectivity index is 1.56. The lowest BCUT2D eigenvalue weighted by molar-refractivity contribution is 0.0671. The first-order valence-electron chi connectivity index (χ1n) is 7.49. The highest BCUT2D eigenvalue weighted by Gasteiger charge is 2.48. The van der Waals surface area contributed by atoms with Gasteiger partial charge in [-0.3, -0.25) is 0 Å². The van der Waals surface area contributed by atoms with Crippen LogP contribution in [0.5, 0.6) is 0 Å². The third-order valence-electron chi connectivity index (χ3n) is 5.41. The minimum atomic E-state index is 0.561. The van der Waals surface area contributed by atoms with Crippen LogP contribution < -0.4 is 0 Å². The molecule has 1 saturated carbocycles. The molecule has 1 aliphatic heterocycles. The molecule has 92 valence electrons. The summed E-state index contributed by atoms with van der Waals surface area (Å²) < 4.78 is 6.36. The summed E-state index contributed by atoms with van der Waals surface area (Å²) in [5.74, 6) is 3.87. The van der Waals surface area contributed by atoms with E-state index in [0.29, 0.717) is 6.10 Å². The molecule has 0 bridgehead atoms. The molecule has 0 saturated heterocycles. The lowest BCUT2D eigenvalue weighted by Gasteiger charge is -2.24. The zero-order valence-corrected chi connectivity index (χ0v) is 10.5. The number of hydrogen-bond acceptors (Lipinski definition) is 1. The summed E-state index contributed by atoms with van der Waals surface area (Å²) in [6.07, 6.45) is 16.2. The lowest BCUT2D eigenvalue weighted by atomic mass is 9.84. The summed E-state index contributed by atoms with van der Waals surface area (Å²) in [4.78, 5) is 0. The maximum absolute atomic E-state index is 6.36. The predicted molar refractivity (Wildman–Crippen MR) is 68.4 cm³/mol. The highest BCUT2D eigenvalue weighted by molar-refractivity contribution is 5.25. The normalized spacial score (nSPS) is 43.8. The Labute approximate surface area is 104 Å². The molecule has 0 aromatic carbocycles. The summed E-state index contributed by atoms with van der Waals surface area (Å²) in [5.41, 5.74) is 1.73. The van der Waals surface area contributed by atoms with Crippen molar-refractivity contribution in [3.8, 4) is 0 Å². The van der Waals surface area contributed by atoms with Crippen LogP contribution in [-0.2, 0) is 4.74 Å². The quantitative estimate of drug-likeness (QED) is 0.613. The molecular weight excluding hydrogens is 208 g/mol. The second kappa shape index (κ2) is 3.90. The van der Waals surface area contributed by atoms with E-state index in [9.17, 15) is 0 Å². The van der Waals surface area contributed by atoms with Crippen molar-refractivity contribution < 1.29 is 4.74 Å². The van der Waals surface area contributed by atoms with Gasteiger partial charge < -0.3 is 4.74 Å². The van der Waals surface area contributed by atoms with E-state index in [0.717, 1.165) is 17.8 Å². The maximum Gasteiger partial charge on any atom is 0.108 e. The van der Waals surface area contributed by atoms with Gasteiger partial charge in [-0.25, -0.2) is 0 Å². The van der Waals surface area contributed by atoms with Gasteiger partial charge in [-0.1, -0.05) is 12.2 Å². The molecule has 4 rings (SSSR count). The number of allylic oxidation sites excluding steroid dienone is 3. The van der Waals surface area contributed by atoms with Crippen molar-refractivity contribution in [3.63, 3.8) is 0 Å². The minimum absolute atomic E-state index is 0.561. The molecule has 0 spiro atoms. The lowest BCUT2D eigenvalue weighted by Crippen LogP contribution is -2.25. The zero-order chi connectivity index (χ0) is 11.2. The first-order chi connectivity index (χ1) is 8.43. The van der Waals surface area contributed by atoms with Crippen molar-refractivity contribution in [2.75, 3.05) is 0 Å². The molecule has 1 nitrogen and oxygen atoms in total. The molecule has 0 amide bonds. The van der Waals surface area contributed by atoms with E-state index in [1.54, 1.807) is 5.57 Å². The van der Waals surface area contributed by atoms with E-state index >= 15 is 0 Å². The first kappa shape index (κ1) is 10.2. The Morgan fingerprint density at radius 1 is 1.06 bits per heavy atom. The van der Waals surface area contributed by atoms with Gasteiger partial charge >= 0.3 is 0 Å². The molecule has 4 unspecified atom stereocenters. The summed E-state index contributed by atoms with van der Waals surface area (Å²) in [5, 5.41) is 0. The average molecular weight is 230 g/mol. The smallest absolute Gasteiger partial charge is 0.108 e. The third-order valence-corrected chi connectivity index (χ3v) is 5.41. The van der Waals surface area contributed by atoms with Crippen molar-refractivity contribution in [1.82, 2.24) is 0 Å². The number of rotatable bonds is 1. The van der Waals surface area contributed by atoms with Gasteiger partial charge in [0.1, 0.15) is 6.10 Å². The largest absolute Gasteiger partial charge is 0.494 e. The molecule has 0 aromatic rings. The Morgan fingerprint density at radius 3 is 2.88 bits per heavy atom. The monoisotopic (exact) mass is 230 g/mol. The van der Waals surface area contributed by atoms with Gasteiger partial charge in [-0.15, -0.1) is 0 Å². The second-order valence-electron chi connectivity index (χ2n) is 6.26. The van der Waals surface area contributed by atoms with Crippen LogP contribution in [0.15, 0.2) is 23.5 Å². The van der Waals surface area contributed by atoms with Gasteiger partial charge in [-0.05, 0) is 56.4 Å². The molecule has 1 fully saturated rings.